The largest absolute Gasteiger partial charge is 0.295 e. The summed E-state index contributed by atoms with van der Waals surface area (Å²) in [6.07, 6.45) is 8.19. The summed E-state index contributed by atoms with van der Waals surface area (Å²) in [7, 11) is -3.69. The summed E-state index contributed by atoms with van der Waals surface area (Å²) < 4.78 is 27.0. The molecule has 0 amide bonds. The Hall–Kier alpha value is -1.98. The highest BCUT2D eigenvalue weighted by molar-refractivity contribution is 7.89. The van der Waals surface area contributed by atoms with Crippen molar-refractivity contribution in [2.24, 2.45) is 0 Å². The molecule has 0 spiro atoms. The molecule has 1 aromatic rings. The molecule has 116 valence electrons. The molecule has 0 saturated carbocycles. The molecule has 0 fully saturated rings. The zero-order valence-corrected chi connectivity index (χ0v) is 13.3. The summed E-state index contributed by atoms with van der Waals surface area (Å²) >= 11 is 0. The molecule has 0 N–H and O–H groups in total. The third kappa shape index (κ3) is 3.61. The fourth-order valence-corrected chi connectivity index (χ4v) is 3.83. The zero-order chi connectivity index (χ0) is 16.2. The Morgan fingerprint density at radius 1 is 1.27 bits per heavy atom. The highest BCUT2D eigenvalue weighted by Gasteiger charge is 2.30. The van der Waals surface area contributed by atoms with E-state index in [0.717, 1.165) is 5.56 Å². The maximum atomic E-state index is 12.9. The molecule has 5 heteroatoms. The number of nitrogens with zero attached hydrogens (tertiary/aromatic N) is 1. The Morgan fingerprint density at radius 3 is 2.59 bits per heavy atom. The predicted octanol–water partition coefficient (Wildman–Crippen LogP) is 2.63. The van der Waals surface area contributed by atoms with Gasteiger partial charge in [0.25, 0.3) is 0 Å². The number of rotatable bonds is 5. The summed E-state index contributed by atoms with van der Waals surface area (Å²) in [5.41, 5.74) is 0.989. The molecule has 22 heavy (non-hydrogen) atoms. The van der Waals surface area contributed by atoms with Gasteiger partial charge in [0.05, 0.1) is 10.9 Å². The molecule has 1 unspecified atom stereocenters. The fourth-order valence-electron chi connectivity index (χ4n) is 2.28. The van der Waals surface area contributed by atoms with Crippen molar-refractivity contribution in [2.75, 3.05) is 6.54 Å². The van der Waals surface area contributed by atoms with Crippen molar-refractivity contribution >= 4 is 15.8 Å². The van der Waals surface area contributed by atoms with Gasteiger partial charge in [-0.1, -0.05) is 42.0 Å². The van der Waals surface area contributed by atoms with Gasteiger partial charge in [0.1, 0.15) is 0 Å². The average Bonchev–Trinajstić information content (AvgIpc) is 2.69. The second-order valence-corrected chi connectivity index (χ2v) is 7.05. The molecule has 1 aromatic carbocycles. The van der Waals surface area contributed by atoms with Crippen molar-refractivity contribution in [3.63, 3.8) is 0 Å². The van der Waals surface area contributed by atoms with Crippen LogP contribution in [0.2, 0.25) is 0 Å². The summed E-state index contributed by atoms with van der Waals surface area (Å²) in [6.45, 7) is 5.68. The average molecular weight is 317 g/mol. The van der Waals surface area contributed by atoms with Gasteiger partial charge in [0.2, 0.25) is 10.0 Å². The molecule has 0 bridgehead atoms. The molecule has 1 aliphatic rings. The predicted molar refractivity (Wildman–Crippen MR) is 87.0 cm³/mol. The summed E-state index contributed by atoms with van der Waals surface area (Å²) in [4.78, 5) is 12.0. The van der Waals surface area contributed by atoms with Gasteiger partial charge in [0, 0.05) is 13.0 Å². The third-order valence-electron chi connectivity index (χ3n) is 3.44. The molecular formula is C17H19NO3S. The second kappa shape index (κ2) is 6.85. The van der Waals surface area contributed by atoms with Crippen molar-refractivity contribution in [2.45, 2.75) is 24.3 Å². The lowest BCUT2D eigenvalue weighted by atomic mass is 10.1. The first-order chi connectivity index (χ1) is 10.4. The highest BCUT2D eigenvalue weighted by Crippen LogP contribution is 2.22. The van der Waals surface area contributed by atoms with Gasteiger partial charge in [-0.2, -0.15) is 4.31 Å². The van der Waals surface area contributed by atoms with Crippen molar-refractivity contribution in [3.05, 3.63) is 66.8 Å². The number of aryl methyl sites for hydroxylation is 1. The number of ketones is 1. The van der Waals surface area contributed by atoms with Crippen LogP contribution in [0, 0.1) is 6.92 Å². The van der Waals surface area contributed by atoms with Gasteiger partial charge >= 0.3 is 0 Å². The van der Waals surface area contributed by atoms with Crippen LogP contribution in [0.3, 0.4) is 0 Å². The lowest BCUT2D eigenvalue weighted by Gasteiger charge is -2.27. The number of carbonyl (C=O) groups excluding carboxylic acids is 1. The van der Waals surface area contributed by atoms with E-state index in [1.54, 1.807) is 42.5 Å². The molecule has 0 radical (unpaired) electrons. The van der Waals surface area contributed by atoms with Crippen LogP contribution in [0.4, 0.5) is 0 Å². The minimum atomic E-state index is -3.69. The van der Waals surface area contributed by atoms with E-state index in [4.69, 9.17) is 0 Å². The van der Waals surface area contributed by atoms with Gasteiger partial charge in [-0.25, -0.2) is 8.42 Å². The Bertz CT molecular complexity index is 715. The fraction of sp³-hybridized carbons (Fsp3) is 0.235. The maximum absolute atomic E-state index is 12.9. The van der Waals surface area contributed by atoms with Crippen molar-refractivity contribution in [1.29, 1.82) is 0 Å². The Morgan fingerprint density at radius 2 is 1.95 bits per heavy atom. The van der Waals surface area contributed by atoms with Gasteiger partial charge in [0.15, 0.2) is 5.78 Å². The molecule has 0 aliphatic heterocycles. The molecule has 1 aliphatic carbocycles. The van der Waals surface area contributed by atoms with Gasteiger partial charge in [-0.05, 0) is 25.1 Å². The van der Waals surface area contributed by atoms with E-state index in [9.17, 15) is 13.2 Å². The van der Waals surface area contributed by atoms with Crippen LogP contribution >= 0.6 is 0 Å². The van der Waals surface area contributed by atoms with Crippen LogP contribution in [-0.4, -0.2) is 31.1 Å². The number of sulfonamides is 1. The number of benzene rings is 1. The van der Waals surface area contributed by atoms with Crippen LogP contribution < -0.4 is 0 Å². The normalized spacial score (nSPS) is 18.5. The monoisotopic (exact) mass is 317 g/mol. The molecule has 0 heterocycles. The highest BCUT2D eigenvalue weighted by atomic mass is 32.2. The first-order valence-corrected chi connectivity index (χ1v) is 8.46. The smallest absolute Gasteiger partial charge is 0.243 e. The zero-order valence-electron chi connectivity index (χ0n) is 12.5. The summed E-state index contributed by atoms with van der Waals surface area (Å²) in [5, 5.41) is 0. The molecule has 0 aromatic heterocycles. The molecule has 0 saturated heterocycles. The second-order valence-electron chi connectivity index (χ2n) is 5.16. The van der Waals surface area contributed by atoms with Crippen molar-refractivity contribution in [1.82, 2.24) is 4.31 Å². The molecule has 1 atom stereocenters. The van der Waals surface area contributed by atoms with Gasteiger partial charge in [-0.15, -0.1) is 6.58 Å². The maximum Gasteiger partial charge on any atom is 0.243 e. The van der Waals surface area contributed by atoms with Crippen LogP contribution in [0.15, 0.2) is 66.1 Å². The van der Waals surface area contributed by atoms with Crippen LogP contribution in [0.25, 0.3) is 0 Å². The minimum Gasteiger partial charge on any atom is -0.295 e. The van der Waals surface area contributed by atoms with E-state index in [2.05, 4.69) is 6.58 Å². The van der Waals surface area contributed by atoms with Crippen LogP contribution in [0.5, 0.6) is 0 Å². The minimum absolute atomic E-state index is 0.0943. The van der Waals surface area contributed by atoms with Crippen LogP contribution in [-0.2, 0) is 14.8 Å². The van der Waals surface area contributed by atoms with E-state index in [0.29, 0.717) is 0 Å². The Labute approximate surface area is 131 Å². The van der Waals surface area contributed by atoms with E-state index >= 15 is 0 Å². The number of hydrogen-bond donors (Lipinski definition) is 0. The van der Waals surface area contributed by atoms with E-state index in [-0.39, 0.29) is 23.6 Å². The third-order valence-corrected chi connectivity index (χ3v) is 5.35. The lowest BCUT2D eigenvalue weighted by Crippen LogP contribution is -2.40. The van der Waals surface area contributed by atoms with E-state index in [1.165, 1.54) is 16.5 Å². The van der Waals surface area contributed by atoms with Gasteiger partial charge < -0.3 is 0 Å². The van der Waals surface area contributed by atoms with Gasteiger partial charge in [-0.3, -0.25) is 4.79 Å². The molecule has 2 rings (SSSR count). The van der Waals surface area contributed by atoms with Crippen molar-refractivity contribution < 1.29 is 13.2 Å². The molecule has 4 nitrogen and oxygen atoms in total. The summed E-state index contributed by atoms with van der Waals surface area (Å²) in [6, 6.07) is 6.18. The van der Waals surface area contributed by atoms with Crippen molar-refractivity contribution in [3.8, 4) is 0 Å². The first-order valence-electron chi connectivity index (χ1n) is 7.02. The Balaban J connectivity index is 2.39. The number of hydrogen-bond acceptors (Lipinski definition) is 3. The van der Waals surface area contributed by atoms with Crippen LogP contribution in [0.1, 0.15) is 12.0 Å². The first kappa shape index (κ1) is 16.4. The SMILES string of the molecule is C=CCN(C1C=CC=CC(=O)C1)S(=O)(=O)c1ccc(C)cc1. The van der Waals surface area contributed by atoms with E-state index in [1.807, 2.05) is 6.92 Å². The van der Waals surface area contributed by atoms with E-state index < -0.39 is 16.1 Å². The molecular weight excluding hydrogens is 298 g/mol. The lowest BCUT2D eigenvalue weighted by molar-refractivity contribution is -0.115. The quantitative estimate of drug-likeness (QED) is 0.785. The number of allylic oxidation sites excluding steroid dienone is 3. The number of carbonyl (C=O) groups is 1. The Kier molecular flexibility index (Phi) is 5.11. The topological polar surface area (TPSA) is 54.5 Å². The summed E-state index contributed by atoms with van der Waals surface area (Å²) in [5.74, 6) is -0.0943. The standard InChI is InChI=1S/C17H19NO3S/c1-3-12-18(15-6-4-5-7-16(19)13-15)22(20,21)17-10-8-14(2)9-11-17/h3-11,15H,1,12-13H2,2H3.